The standard InChI is InChI=1S/C32H54O4S/c1-21(2)29(4,17-18-36-37(8,33)34)14-11-22(3)25-9-10-26-24-19-28(35-7)32-20-23(32)12-16-31(32,6)27(24)13-15-30(25,26)5/h11,14,21-28H,9-10,12-13,15-20H2,1-8H3/b14-11+/t22-,23+,24+,25-,26+,27+,28-,29-,30-,31-,32-/m1/s1. The molecule has 1 spiro atoms. The van der Waals surface area contributed by atoms with Gasteiger partial charge in [-0.05, 0) is 115 Å². The van der Waals surface area contributed by atoms with Crippen molar-refractivity contribution in [3.05, 3.63) is 12.2 Å². The molecule has 5 heteroatoms. The molecule has 11 atom stereocenters. The Bertz CT molecular complexity index is 1000. The molecule has 0 heterocycles. The molecule has 5 rings (SSSR count). The molecule has 5 fully saturated rings. The molecule has 0 saturated heterocycles. The van der Waals surface area contributed by atoms with Crippen molar-refractivity contribution in [2.24, 2.45) is 63.1 Å². The fraction of sp³-hybridized carbons (Fsp3) is 0.938. The predicted octanol–water partition coefficient (Wildman–Crippen LogP) is 7.49. The molecular weight excluding hydrogens is 480 g/mol. The lowest BCUT2D eigenvalue weighted by atomic mass is 9.45. The first-order valence-electron chi connectivity index (χ1n) is 15.3. The largest absolute Gasteiger partial charge is 0.381 e. The quantitative estimate of drug-likeness (QED) is 0.227. The molecule has 5 saturated carbocycles. The van der Waals surface area contributed by atoms with Crippen LogP contribution in [0.1, 0.15) is 99.3 Å². The highest BCUT2D eigenvalue weighted by Gasteiger charge is 2.77. The van der Waals surface area contributed by atoms with E-state index in [4.69, 9.17) is 8.92 Å². The number of methoxy groups -OCH3 is 1. The van der Waals surface area contributed by atoms with Gasteiger partial charge in [0.2, 0.25) is 0 Å². The second-order valence-corrected chi connectivity index (χ2v) is 16.8. The maximum Gasteiger partial charge on any atom is 0.264 e. The third kappa shape index (κ3) is 4.31. The first kappa shape index (κ1) is 28.1. The third-order valence-electron chi connectivity index (χ3n) is 13.6. The lowest BCUT2D eigenvalue weighted by Gasteiger charge is -2.61. The van der Waals surface area contributed by atoms with Crippen molar-refractivity contribution in [2.75, 3.05) is 20.0 Å². The van der Waals surface area contributed by atoms with Gasteiger partial charge in [0.05, 0.1) is 19.0 Å². The van der Waals surface area contributed by atoms with Crippen LogP contribution >= 0.6 is 0 Å². The zero-order valence-electron chi connectivity index (χ0n) is 24.9. The number of allylic oxidation sites excluding steroid dienone is 2. The molecule has 5 aliphatic carbocycles. The maximum atomic E-state index is 11.5. The van der Waals surface area contributed by atoms with E-state index >= 15 is 0 Å². The fourth-order valence-electron chi connectivity index (χ4n) is 11.0. The van der Waals surface area contributed by atoms with Gasteiger partial charge in [0.15, 0.2) is 0 Å². The minimum absolute atomic E-state index is 0.0727. The number of rotatable bonds is 9. The van der Waals surface area contributed by atoms with Gasteiger partial charge in [-0.3, -0.25) is 4.18 Å². The van der Waals surface area contributed by atoms with Crippen LogP contribution in [0.2, 0.25) is 0 Å². The second-order valence-electron chi connectivity index (χ2n) is 15.1. The fourth-order valence-corrected chi connectivity index (χ4v) is 11.4. The highest BCUT2D eigenvalue weighted by Crippen LogP contribution is 2.82. The van der Waals surface area contributed by atoms with Gasteiger partial charge in [0.25, 0.3) is 10.1 Å². The third-order valence-corrected chi connectivity index (χ3v) is 14.2. The average molecular weight is 535 g/mol. The predicted molar refractivity (Wildman–Crippen MR) is 150 cm³/mol. The van der Waals surface area contributed by atoms with Gasteiger partial charge in [-0.1, -0.05) is 53.7 Å². The van der Waals surface area contributed by atoms with Crippen LogP contribution in [0.5, 0.6) is 0 Å². The van der Waals surface area contributed by atoms with Crippen molar-refractivity contribution in [1.29, 1.82) is 0 Å². The number of hydrogen-bond donors (Lipinski definition) is 0. The second kappa shape index (κ2) is 9.33. The Morgan fingerprint density at radius 2 is 1.78 bits per heavy atom. The molecule has 0 aromatic carbocycles. The average Bonchev–Trinajstić information content (AvgIpc) is 3.32. The van der Waals surface area contributed by atoms with Crippen molar-refractivity contribution in [3.8, 4) is 0 Å². The highest BCUT2D eigenvalue weighted by molar-refractivity contribution is 7.85. The van der Waals surface area contributed by atoms with Crippen molar-refractivity contribution in [1.82, 2.24) is 0 Å². The lowest BCUT2D eigenvalue weighted by molar-refractivity contribution is -0.160. The summed E-state index contributed by atoms with van der Waals surface area (Å²) in [7, 11) is -1.41. The summed E-state index contributed by atoms with van der Waals surface area (Å²) in [5, 5.41) is 0. The van der Waals surface area contributed by atoms with Gasteiger partial charge < -0.3 is 4.74 Å². The number of fused-ring (bicyclic) bond motifs is 4. The molecule has 0 amide bonds. The molecule has 0 N–H and O–H groups in total. The van der Waals surface area contributed by atoms with Crippen LogP contribution in [-0.4, -0.2) is 34.5 Å². The number of ether oxygens (including phenoxy) is 1. The van der Waals surface area contributed by atoms with E-state index in [1.54, 1.807) is 0 Å². The first-order valence-corrected chi connectivity index (χ1v) is 17.1. The van der Waals surface area contributed by atoms with Crippen molar-refractivity contribution in [2.45, 2.75) is 105 Å². The number of hydrogen-bond acceptors (Lipinski definition) is 4. The summed E-state index contributed by atoms with van der Waals surface area (Å²) in [4.78, 5) is 0. The molecule has 0 aliphatic heterocycles. The van der Waals surface area contributed by atoms with E-state index in [1.807, 2.05) is 7.11 Å². The van der Waals surface area contributed by atoms with Gasteiger partial charge in [0.1, 0.15) is 0 Å². The zero-order chi connectivity index (χ0) is 27.0. The molecular formula is C32H54O4S. The Balaban J connectivity index is 1.31. The van der Waals surface area contributed by atoms with E-state index in [0.29, 0.717) is 34.2 Å². The Labute approximate surface area is 227 Å². The van der Waals surface area contributed by atoms with Crippen LogP contribution in [-0.2, 0) is 19.0 Å². The maximum absolute atomic E-state index is 11.5. The van der Waals surface area contributed by atoms with Crippen LogP contribution in [0.25, 0.3) is 0 Å². The summed E-state index contributed by atoms with van der Waals surface area (Å²) in [5.74, 6) is 5.17. The van der Waals surface area contributed by atoms with Gasteiger partial charge in [-0.25, -0.2) is 0 Å². The summed E-state index contributed by atoms with van der Waals surface area (Å²) in [6, 6.07) is 0. The summed E-state index contributed by atoms with van der Waals surface area (Å²) >= 11 is 0. The van der Waals surface area contributed by atoms with Crippen molar-refractivity contribution in [3.63, 3.8) is 0 Å². The molecule has 4 nitrogen and oxygen atoms in total. The lowest BCUT2D eigenvalue weighted by Crippen LogP contribution is -2.57. The Hall–Kier alpha value is -0.390. The molecule has 0 aromatic rings. The minimum Gasteiger partial charge on any atom is -0.381 e. The SMILES string of the molecule is CO[C@@H]1C[C@H]2[C@@H]3CC[C@H]([C@H](C)/C=C/[C@](C)(CCOS(C)(=O)=O)C(C)C)[C@@]3(C)CC[C@@H]2[C@@]2(C)CC[C@H]3C[C@@]312. The van der Waals surface area contributed by atoms with Crippen LogP contribution in [0.15, 0.2) is 12.2 Å². The molecule has 5 aliphatic rings. The van der Waals surface area contributed by atoms with Gasteiger partial charge in [0, 0.05) is 12.5 Å². The monoisotopic (exact) mass is 534 g/mol. The van der Waals surface area contributed by atoms with E-state index in [2.05, 4.69) is 53.7 Å². The van der Waals surface area contributed by atoms with Gasteiger partial charge >= 0.3 is 0 Å². The molecule has 0 radical (unpaired) electrons. The summed E-state index contributed by atoms with van der Waals surface area (Å²) in [6.07, 6.45) is 18.3. The Morgan fingerprint density at radius 3 is 2.41 bits per heavy atom. The van der Waals surface area contributed by atoms with Crippen molar-refractivity contribution < 1.29 is 17.3 Å². The van der Waals surface area contributed by atoms with Gasteiger partial charge in [-0.15, -0.1) is 0 Å². The van der Waals surface area contributed by atoms with Crippen LogP contribution in [0.3, 0.4) is 0 Å². The van der Waals surface area contributed by atoms with E-state index in [0.717, 1.165) is 42.3 Å². The summed E-state index contributed by atoms with van der Waals surface area (Å²) in [6.45, 7) is 14.7. The van der Waals surface area contributed by atoms with Crippen LogP contribution < -0.4 is 0 Å². The first-order chi connectivity index (χ1) is 17.2. The summed E-state index contributed by atoms with van der Waals surface area (Å²) in [5.41, 5.74) is 1.35. The van der Waals surface area contributed by atoms with Crippen LogP contribution in [0, 0.1) is 63.1 Å². The molecule has 0 unspecified atom stereocenters. The Kier molecular flexibility index (Phi) is 7.10. The van der Waals surface area contributed by atoms with E-state index in [9.17, 15) is 8.42 Å². The Morgan fingerprint density at radius 1 is 1.05 bits per heavy atom. The van der Waals surface area contributed by atoms with E-state index in [-0.39, 0.29) is 12.0 Å². The normalized spacial score (nSPS) is 47.3. The van der Waals surface area contributed by atoms with E-state index in [1.165, 1.54) is 51.4 Å². The highest BCUT2D eigenvalue weighted by atomic mass is 32.2. The van der Waals surface area contributed by atoms with Crippen LogP contribution in [0.4, 0.5) is 0 Å². The topological polar surface area (TPSA) is 52.6 Å². The molecule has 212 valence electrons. The summed E-state index contributed by atoms with van der Waals surface area (Å²) < 4.78 is 34.4. The molecule has 37 heavy (non-hydrogen) atoms. The van der Waals surface area contributed by atoms with Gasteiger partial charge in [-0.2, -0.15) is 8.42 Å². The van der Waals surface area contributed by atoms with E-state index < -0.39 is 10.1 Å². The molecule has 0 bridgehead atoms. The van der Waals surface area contributed by atoms with Crippen molar-refractivity contribution >= 4 is 10.1 Å². The minimum atomic E-state index is -3.40. The zero-order valence-corrected chi connectivity index (χ0v) is 25.7. The molecule has 0 aromatic heterocycles. The smallest absolute Gasteiger partial charge is 0.264 e.